The summed E-state index contributed by atoms with van der Waals surface area (Å²) >= 11 is 6.04. The summed E-state index contributed by atoms with van der Waals surface area (Å²) in [6, 6.07) is 25.0. The van der Waals surface area contributed by atoms with Gasteiger partial charge >= 0.3 is 0 Å². The topological polar surface area (TPSA) is 35.8 Å². The van der Waals surface area contributed by atoms with Crippen LogP contribution < -0.4 is 4.90 Å². The quantitative estimate of drug-likeness (QED) is 0.680. The van der Waals surface area contributed by atoms with Crippen molar-refractivity contribution in [3.63, 3.8) is 0 Å². The first-order valence-electron chi connectivity index (χ1n) is 8.09. The molecule has 0 spiro atoms. The lowest BCUT2D eigenvalue weighted by atomic mass is 9.95. The van der Waals surface area contributed by atoms with Crippen LogP contribution in [0, 0.1) is 0 Å². The van der Waals surface area contributed by atoms with Gasteiger partial charge in [0.05, 0.1) is 11.4 Å². The zero-order valence-electron chi connectivity index (χ0n) is 13.7. The Balaban J connectivity index is 1.95. The van der Waals surface area contributed by atoms with Crippen molar-refractivity contribution in [1.29, 1.82) is 0 Å². The summed E-state index contributed by atoms with van der Waals surface area (Å²) in [5.41, 5.74) is 2.73. The van der Waals surface area contributed by atoms with Crippen LogP contribution in [0.25, 0.3) is 0 Å². The number of halogens is 1. The highest BCUT2D eigenvalue weighted by Crippen LogP contribution is 2.44. The molecule has 124 valence electrons. The number of anilines is 2. The van der Waals surface area contributed by atoms with Gasteiger partial charge in [-0.15, -0.1) is 0 Å². The van der Waals surface area contributed by atoms with Crippen molar-refractivity contribution < 1.29 is 5.11 Å². The second-order valence-electron chi connectivity index (χ2n) is 6.15. The van der Waals surface area contributed by atoms with Gasteiger partial charge in [-0.1, -0.05) is 54.1 Å². The van der Waals surface area contributed by atoms with Gasteiger partial charge in [-0.2, -0.15) is 0 Å². The van der Waals surface area contributed by atoms with Gasteiger partial charge in [-0.3, -0.25) is 0 Å². The van der Waals surface area contributed by atoms with Crippen LogP contribution >= 0.6 is 11.6 Å². The van der Waals surface area contributed by atoms with Crippen LogP contribution in [-0.4, -0.2) is 16.5 Å². The molecule has 3 nitrogen and oxygen atoms in total. The molecule has 0 bridgehead atoms. The van der Waals surface area contributed by atoms with E-state index >= 15 is 0 Å². The van der Waals surface area contributed by atoms with E-state index < -0.39 is 5.72 Å². The Kier molecular flexibility index (Phi) is 3.83. The van der Waals surface area contributed by atoms with Crippen molar-refractivity contribution in [2.24, 2.45) is 4.99 Å². The zero-order valence-corrected chi connectivity index (χ0v) is 14.5. The Bertz CT molecular complexity index is 934. The van der Waals surface area contributed by atoms with Gasteiger partial charge in [-0.25, -0.2) is 4.99 Å². The number of aliphatic hydroxyl groups is 1. The van der Waals surface area contributed by atoms with Crippen molar-refractivity contribution in [1.82, 2.24) is 0 Å². The van der Waals surface area contributed by atoms with Crippen LogP contribution in [0.2, 0.25) is 5.02 Å². The summed E-state index contributed by atoms with van der Waals surface area (Å²) in [5.74, 6) is 0. The van der Waals surface area contributed by atoms with Crippen LogP contribution in [0.15, 0.2) is 83.9 Å². The molecule has 0 fully saturated rings. The van der Waals surface area contributed by atoms with Crippen LogP contribution in [-0.2, 0) is 0 Å². The van der Waals surface area contributed by atoms with Crippen molar-refractivity contribution in [2.45, 2.75) is 12.6 Å². The molecule has 0 amide bonds. The summed E-state index contributed by atoms with van der Waals surface area (Å²) in [5, 5.41) is 12.1. The minimum Gasteiger partial charge on any atom is -0.365 e. The third kappa shape index (κ3) is 2.72. The Morgan fingerprint density at radius 3 is 2.24 bits per heavy atom. The molecule has 1 aliphatic rings. The molecular weight excluding hydrogens is 332 g/mol. The van der Waals surface area contributed by atoms with Gasteiger partial charge in [0.15, 0.2) is 5.72 Å². The molecule has 0 radical (unpaired) electrons. The first kappa shape index (κ1) is 15.9. The average molecular weight is 349 g/mol. The number of para-hydroxylation sites is 2. The van der Waals surface area contributed by atoms with E-state index in [1.807, 2.05) is 83.8 Å². The molecule has 1 atom stereocenters. The van der Waals surface area contributed by atoms with Gasteiger partial charge in [0.2, 0.25) is 0 Å². The SMILES string of the molecule is CC1(O)C(c2ccccc2)=Nc2ccccc2N1c1ccc(Cl)cc1. The summed E-state index contributed by atoms with van der Waals surface area (Å²) < 4.78 is 0. The number of benzene rings is 3. The normalized spacial score (nSPS) is 19.3. The molecule has 3 aromatic rings. The minimum absolute atomic E-state index is 0.613. The highest BCUT2D eigenvalue weighted by Gasteiger charge is 2.41. The zero-order chi connectivity index (χ0) is 17.4. The molecule has 3 aromatic carbocycles. The fraction of sp³-hybridized carbons (Fsp3) is 0.0952. The standard InChI is InChI=1S/C21H17ClN2O/c1-21(25)20(15-7-3-2-4-8-15)23-18-9-5-6-10-19(18)24(21)17-13-11-16(22)12-14-17/h2-14,25H,1H3. The Morgan fingerprint density at radius 2 is 1.52 bits per heavy atom. The van der Waals surface area contributed by atoms with E-state index in [1.165, 1.54) is 0 Å². The summed E-state index contributed by atoms with van der Waals surface area (Å²) in [6.45, 7) is 1.77. The lowest BCUT2D eigenvalue weighted by Gasteiger charge is -2.43. The van der Waals surface area contributed by atoms with Crippen LogP contribution in [0.4, 0.5) is 17.1 Å². The highest BCUT2D eigenvalue weighted by molar-refractivity contribution is 6.30. The maximum absolute atomic E-state index is 11.5. The number of nitrogens with zero attached hydrogens (tertiary/aromatic N) is 2. The molecule has 1 heterocycles. The first-order chi connectivity index (χ1) is 12.1. The van der Waals surface area contributed by atoms with Gasteiger partial charge in [-0.05, 0) is 43.3 Å². The smallest absolute Gasteiger partial charge is 0.183 e. The second-order valence-corrected chi connectivity index (χ2v) is 6.58. The monoisotopic (exact) mass is 348 g/mol. The van der Waals surface area contributed by atoms with E-state index in [2.05, 4.69) is 0 Å². The largest absolute Gasteiger partial charge is 0.365 e. The molecule has 0 aromatic heterocycles. The third-order valence-electron chi connectivity index (χ3n) is 4.37. The summed E-state index contributed by atoms with van der Waals surface area (Å²) in [7, 11) is 0. The van der Waals surface area contributed by atoms with E-state index in [-0.39, 0.29) is 0 Å². The van der Waals surface area contributed by atoms with E-state index in [9.17, 15) is 5.11 Å². The Labute approximate surface area is 151 Å². The number of aliphatic imine (C=N–C) groups is 1. The number of fused-ring (bicyclic) bond motifs is 1. The summed E-state index contributed by atoms with van der Waals surface area (Å²) in [6.07, 6.45) is 0. The maximum atomic E-state index is 11.5. The van der Waals surface area contributed by atoms with Crippen molar-refractivity contribution in [3.8, 4) is 0 Å². The lowest BCUT2D eigenvalue weighted by molar-refractivity contribution is 0.139. The molecule has 4 rings (SSSR count). The van der Waals surface area contributed by atoms with Crippen LogP contribution in [0.3, 0.4) is 0 Å². The van der Waals surface area contributed by atoms with Gasteiger partial charge in [0, 0.05) is 16.3 Å². The number of hydrogen-bond donors (Lipinski definition) is 1. The fourth-order valence-electron chi connectivity index (χ4n) is 3.23. The maximum Gasteiger partial charge on any atom is 0.183 e. The van der Waals surface area contributed by atoms with Gasteiger partial charge in [0.1, 0.15) is 5.71 Å². The highest BCUT2D eigenvalue weighted by atomic mass is 35.5. The summed E-state index contributed by atoms with van der Waals surface area (Å²) in [4.78, 5) is 6.66. The molecule has 0 saturated heterocycles. The number of hydrogen-bond acceptors (Lipinski definition) is 3. The second kappa shape index (κ2) is 6.03. The van der Waals surface area contributed by atoms with Crippen LogP contribution in [0.1, 0.15) is 12.5 Å². The molecule has 1 aliphatic heterocycles. The third-order valence-corrected chi connectivity index (χ3v) is 4.62. The molecular formula is C21H17ClN2O. The molecule has 0 aliphatic carbocycles. The van der Waals surface area contributed by atoms with Gasteiger partial charge in [0.25, 0.3) is 0 Å². The van der Waals surface area contributed by atoms with Crippen molar-refractivity contribution in [3.05, 3.63) is 89.4 Å². The molecule has 1 N–H and O–H groups in total. The van der Waals surface area contributed by atoms with Crippen molar-refractivity contribution >= 4 is 34.4 Å². The van der Waals surface area contributed by atoms with Crippen molar-refractivity contribution in [2.75, 3.05) is 4.90 Å². The minimum atomic E-state index is -1.30. The predicted molar refractivity (Wildman–Crippen MR) is 103 cm³/mol. The molecule has 25 heavy (non-hydrogen) atoms. The average Bonchev–Trinajstić information content (AvgIpc) is 2.63. The van der Waals surface area contributed by atoms with E-state index in [0.717, 1.165) is 22.6 Å². The lowest BCUT2D eigenvalue weighted by Crippen LogP contribution is -2.52. The van der Waals surface area contributed by atoms with E-state index in [4.69, 9.17) is 16.6 Å². The molecule has 0 saturated carbocycles. The molecule has 4 heteroatoms. The van der Waals surface area contributed by atoms with Gasteiger partial charge < -0.3 is 10.0 Å². The molecule has 1 unspecified atom stereocenters. The van der Waals surface area contributed by atoms with E-state index in [1.54, 1.807) is 6.92 Å². The Morgan fingerprint density at radius 1 is 0.880 bits per heavy atom. The fourth-order valence-corrected chi connectivity index (χ4v) is 3.36. The van der Waals surface area contributed by atoms with Crippen LogP contribution in [0.5, 0.6) is 0 Å². The van der Waals surface area contributed by atoms with E-state index in [0.29, 0.717) is 10.7 Å². The predicted octanol–water partition coefficient (Wildman–Crippen LogP) is 5.32. The Hall–Kier alpha value is -2.62. The first-order valence-corrected chi connectivity index (χ1v) is 8.47. The number of rotatable bonds is 2.